The first-order valence-electron chi connectivity index (χ1n) is 5.57. The summed E-state index contributed by atoms with van der Waals surface area (Å²) in [4.78, 5) is 12.8. The van der Waals surface area contributed by atoms with Crippen molar-refractivity contribution < 1.29 is 9.90 Å². The van der Waals surface area contributed by atoms with E-state index in [9.17, 15) is 4.79 Å². The van der Waals surface area contributed by atoms with Crippen LogP contribution in [0, 0.1) is 0 Å². The van der Waals surface area contributed by atoms with Gasteiger partial charge < -0.3 is 20.7 Å². The number of carboxylic acid groups (broad SMARTS) is 1. The summed E-state index contributed by atoms with van der Waals surface area (Å²) in [6.45, 7) is 3.50. The molecule has 1 fully saturated rings. The highest BCUT2D eigenvalue weighted by Gasteiger charge is 2.20. The van der Waals surface area contributed by atoms with Gasteiger partial charge in [-0.05, 0) is 7.05 Å². The van der Waals surface area contributed by atoms with Crippen LogP contribution in [0.5, 0.6) is 0 Å². The van der Waals surface area contributed by atoms with Crippen molar-refractivity contribution >= 4 is 23.7 Å². The first kappa shape index (κ1) is 13.0. The molecule has 0 spiro atoms. The van der Waals surface area contributed by atoms with Gasteiger partial charge in [-0.25, -0.2) is 0 Å². The number of carboxylic acids is 1. The summed E-state index contributed by atoms with van der Waals surface area (Å²) in [6.07, 6.45) is 0. The van der Waals surface area contributed by atoms with Gasteiger partial charge in [-0.2, -0.15) is 4.68 Å². The highest BCUT2D eigenvalue weighted by molar-refractivity contribution is 7.99. The Bertz CT molecular complexity index is 429. The lowest BCUT2D eigenvalue weighted by atomic mass is 10.4. The van der Waals surface area contributed by atoms with E-state index in [1.165, 1.54) is 0 Å². The minimum absolute atomic E-state index is 0.0497. The molecule has 0 aliphatic carbocycles. The summed E-state index contributed by atoms with van der Waals surface area (Å²) in [5.74, 6) is -0.634. The largest absolute Gasteiger partial charge is 0.481 e. The first-order valence-corrected chi connectivity index (χ1v) is 6.55. The Morgan fingerprint density at radius 2 is 2.06 bits per heavy atom. The summed E-state index contributed by atoms with van der Waals surface area (Å²) in [6, 6.07) is 0. The molecular weight excluding hydrogens is 256 g/mol. The molecule has 1 aromatic heterocycles. The van der Waals surface area contributed by atoms with Gasteiger partial charge in [-0.15, -0.1) is 10.2 Å². The molecule has 18 heavy (non-hydrogen) atoms. The van der Waals surface area contributed by atoms with Crippen molar-refractivity contribution in [1.82, 2.24) is 19.8 Å². The third kappa shape index (κ3) is 2.85. The molecule has 3 N–H and O–H groups in total. The standard InChI is InChI=1S/C9H16N6O2S/c1-13-2-4-14(5-3-13)15-8(10)11-12-9(15)18-6-7(16)17/h2-6H2,1H3,(H2,10,11)(H,16,17). The second-order valence-corrected chi connectivity index (χ2v) is 5.03. The number of nitrogens with zero attached hydrogens (tertiary/aromatic N) is 5. The Hall–Kier alpha value is -1.48. The summed E-state index contributed by atoms with van der Waals surface area (Å²) >= 11 is 1.12. The van der Waals surface area contributed by atoms with Crippen molar-refractivity contribution in [3.8, 4) is 0 Å². The van der Waals surface area contributed by atoms with Crippen LogP contribution in [0.15, 0.2) is 5.16 Å². The maximum atomic E-state index is 10.6. The normalized spacial score (nSPS) is 17.1. The third-order valence-corrected chi connectivity index (χ3v) is 3.63. The maximum absolute atomic E-state index is 10.6. The zero-order valence-corrected chi connectivity index (χ0v) is 10.9. The lowest BCUT2D eigenvalue weighted by Gasteiger charge is -2.34. The number of aliphatic carboxylic acids is 1. The van der Waals surface area contributed by atoms with E-state index in [0.29, 0.717) is 11.1 Å². The summed E-state index contributed by atoms with van der Waals surface area (Å²) < 4.78 is 1.71. The molecular formula is C9H16N6O2S. The van der Waals surface area contributed by atoms with Crippen LogP contribution in [0.2, 0.25) is 0 Å². The monoisotopic (exact) mass is 272 g/mol. The molecule has 0 atom stereocenters. The number of hydrogen-bond acceptors (Lipinski definition) is 7. The van der Waals surface area contributed by atoms with Crippen molar-refractivity contribution in [3.05, 3.63) is 0 Å². The topological polar surface area (TPSA) is 101 Å². The number of nitrogens with two attached hydrogens (primary N) is 1. The van der Waals surface area contributed by atoms with Gasteiger partial charge in [0.1, 0.15) is 0 Å². The van der Waals surface area contributed by atoms with Crippen LogP contribution in [0.25, 0.3) is 0 Å². The highest BCUT2D eigenvalue weighted by Crippen LogP contribution is 2.18. The van der Waals surface area contributed by atoms with E-state index in [-0.39, 0.29) is 5.75 Å². The zero-order valence-electron chi connectivity index (χ0n) is 10.1. The highest BCUT2D eigenvalue weighted by atomic mass is 32.2. The first-order chi connectivity index (χ1) is 8.58. The van der Waals surface area contributed by atoms with Crippen LogP contribution in [0.1, 0.15) is 0 Å². The fraction of sp³-hybridized carbons (Fsp3) is 0.667. The molecule has 100 valence electrons. The van der Waals surface area contributed by atoms with E-state index in [2.05, 4.69) is 22.1 Å². The molecule has 9 heteroatoms. The molecule has 0 amide bonds. The third-order valence-electron chi connectivity index (χ3n) is 2.72. The Morgan fingerprint density at radius 3 is 2.67 bits per heavy atom. The fourth-order valence-corrected chi connectivity index (χ4v) is 2.44. The van der Waals surface area contributed by atoms with E-state index in [1.54, 1.807) is 4.68 Å². The quantitative estimate of drug-likeness (QED) is 0.668. The number of piperazine rings is 1. The lowest BCUT2D eigenvalue weighted by molar-refractivity contribution is -0.133. The van der Waals surface area contributed by atoms with Crippen LogP contribution in [-0.2, 0) is 4.79 Å². The summed E-state index contributed by atoms with van der Waals surface area (Å²) in [5, 5.41) is 19.0. The molecule has 8 nitrogen and oxygen atoms in total. The zero-order chi connectivity index (χ0) is 13.1. The number of rotatable bonds is 4. The van der Waals surface area contributed by atoms with Crippen LogP contribution >= 0.6 is 11.8 Å². The minimum atomic E-state index is -0.883. The number of thioether (sulfide) groups is 1. The van der Waals surface area contributed by atoms with Crippen LogP contribution in [0.3, 0.4) is 0 Å². The number of aromatic nitrogens is 3. The minimum Gasteiger partial charge on any atom is -0.481 e. The Morgan fingerprint density at radius 1 is 1.39 bits per heavy atom. The molecule has 1 aliphatic rings. The summed E-state index contributed by atoms with van der Waals surface area (Å²) in [7, 11) is 2.06. The number of anilines is 1. The van der Waals surface area contributed by atoms with Crippen LogP contribution < -0.4 is 10.7 Å². The molecule has 1 aromatic rings. The van der Waals surface area contributed by atoms with Crippen molar-refractivity contribution in [2.75, 3.05) is 49.7 Å². The van der Waals surface area contributed by atoms with Crippen molar-refractivity contribution in [1.29, 1.82) is 0 Å². The maximum Gasteiger partial charge on any atom is 0.313 e. The molecule has 2 rings (SSSR count). The van der Waals surface area contributed by atoms with Gasteiger partial charge in [0.15, 0.2) is 0 Å². The van der Waals surface area contributed by atoms with Gasteiger partial charge in [0.25, 0.3) is 0 Å². The number of likely N-dealkylation sites (N-methyl/N-ethyl adjacent to an activating group) is 1. The molecule has 0 aromatic carbocycles. The van der Waals surface area contributed by atoms with Gasteiger partial charge in [0.2, 0.25) is 11.1 Å². The Kier molecular flexibility index (Phi) is 3.92. The average molecular weight is 272 g/mol. The fourth-order valence-electron chi connectivity index (χ4n) is 1.75. The lowest BCUT2D eigenvalue weighted by Crippen LogP contribution is -2.50. The van der Waals surface area contributed by atoms with Crippen molar-refractivity contribution in [3.63, 3.8) is 0 Å². The van der Waals surface area contributed by atoms with Gasteiger partial charge >= 0.3 is 5.97 Å². The molecule has 0 unspecified atom stereocenters. The molecule has 1 aliphatic heterocycles. The van der Waals surface area contributed by atoms with Gasteiger partial charge in [0, 0.05) is 26.2 Å². The number of carbonyl (C=O) groups is 1. The van der Waals surface area contributed by atoms with E-state index in [0.717, 1.165) is 37.9 Å². The molecule has 1 saturated heterocycles. The molecule has 0 saturated carbocycles. The SMILES string of the molecule is CN1CCN(n2c(N)nnc2SCC(=O)O)CC1. The van der Waals surface area contributed by atoms with E-state index in [4.69, 9.17) is 10.8 Å². The number of hydrogen-bond donors (Lipinski definition) is 2. The van der Waals surface area contributed by atoms with E-state index in [1.807, 2.05) is 5.01 Å². The van der Waals surface area contributed by atoms with Crippen molar-refractivity contribution in [2.45, 2.75) is 5.16 Å². The summed E-state index contributed by atoms with van der Waals surface area (Å²) in [5.41, 5.74) is 5.79. The molecule has 0 radical (unpaired) electrons. The second-order valence-electron chi connectivity index (χ2n) is 4.09. The number of nitrogen functional groups attached to an aromatic ring is 1. The van der Waals surface area contributed by atoms with Crippen molar-refractivity contribution in [2.24, 2.45) is 0 Å². The van der Waals surface area contributed by atoms with Crippen LogP contribution in [-0.4, -0.2) is 69.8 Å². The van der Waals surface area contributed by atoms with Gasteiger partial charge in [0.05, 0.1) is 5.75 Å². The van der Waals surface area contributed by atoms with Crippen LogP contribution in [0.4, 0.5) is 5.95 Å². The predicted octanol–water partition coefficient (Wildman–Crippen LogP) is -1.08. The molecule has 0 bridgehead atoms. The smallest absolute Gasteiger partial charge is 0.313 e. The Labute approximate surface area is 109 Å². The van der Waals surface area contributed by atoms with Gasteiger partial charge in [-0.1, -0.05) is 11.8 Å². The Balaban J connectivity index is 2.10. The predicted molar refractivity (Wildman–Crippen MR) is 68.2 cm³/mol. The van der Waals surface area contributed by atoms with E-state index < -0.39 is 5.97 Å². The van der Waals surface area contributed by atoms with E-state index >= 15 is 0 Å². The molecule has 2 heterocycles. The second kappa shape index (κ2) is 5.44. The van der Waals surface area contributed by atoms with Gasteiger partial charge in [-0.3, -0.25) is 4.79 Å². The average Bonchev–Trinajstić information content (AvgIpc) is 2.69.